The molecular weight excluding hydrogens is 428 g/mol. The highest BCUT2D eigenvalue weighted by Crippen LogP contribution is 2.30. The molecule has 0 aliphatic heterocycles. The number of para-hydroxylation sites is 1. The molecule has 1 aromatic heterocycles. The van der Waals surface area contributed by atoms with E-state index in [1.54, 1.807) is 25.1 Å². The Morgan fingerprint density at radius 3 is 2.50 bits per heavy atom. The Morgan fingerprint density at radius 1 is 0.971 bits per heavy atom. The van der Waals surface area contributed by atoms with E-state index in [2.05, 4.69) is 10.6 Å². The molecule has 2 amide bonds. The number of nitrogens with one attached hydrogen (secondary N) is 2. The predicted octanol–water partition coefficient (Wildman–Crippen LogP) is 5.05. The molecule has 34 heavy (non-hydrogen) atoms. The molecule has 6 nitrogen and oxygen atoms in total. The van der Waals surface area contributed by atoms with Crippen molar-refractivity contribution < 1.29 is 14.0 Å². The van der Waals surface area contributed by atoms with Gasteiger partial charge in [0.25, 0.3) is 5.91 Å². The quantitative estimate of drug-likeness (QED) is 0.429. The van der Waals surface area contributed by atoms with Gasteiger partial charge in [-0.3, -0.25) is 14.4 Å². The highest BCUT2D eigenvalue weighted by Gasteiger charge is 2.29. The summed E-state index contributed by atoms with van der Waals surface area (Å²) in [6.45, 7) is 2.00. The van der Waals surface area contributed by atoms with Crippen LogP contribution in [0.3, 0.4) is 0 Å². The van der Waals surface area contributed by atoms with Gasteiger partial charge < -0.3 is 15.1 Å². The first-order valence-electron chi connectivity index (χ1n) is 11.3. The lowest BCUT2D eigenvalue weighted by molar-refractivity contribution is -0.117. The van der Waals surface area contributed by atoms with Gasteiger partial charge in [-0.25, -0.2) is 0 Å². The van der Waals surface area contributed by atoms with E-state index in [1.165, 1.54) is 0 Å². The van der Waals surface area contributed by atoms with Gasteiger partial charge in [0.05, 0.1) is 10.9 Å². The minimum absolute atomic E-state index is 0.0384. The molecule has 1 heterocycles. The maximum atomic E-state index is 13.1. The molecule has 1 fully saturated rings. The van der Waals surface area contributed by atoms with Crippen molar-refractivity contribution in [1.29, 1.82) is 0 Å². The van der Waals surface area contributed by atoms with E-state index in [4.69, 9.17) is 4.42 Å². The summed E-state index contributed by atoms with van der Waals surface area (Å²) in [5.74, 6) is 0.270. The van der Waals surface area contributed by atoms with Gasteiger partial charge in [-0.05, 0) is 49.6 Å². The SMILES string of the molecule is Cc1c(-c2ccccc2)oc2c(C(=O)NCc3cccc(NC(=O)C4CC4)c3)cccc2c1=O. The number of hydrogen-bond acceptors (Lipinski definition) is 4. The molecular formula is C28H24N2O4. The first kappa shape index (κ1) is 21.6. The van der Waals surface area contributed by atoms with Gasteiger partial charge >= 0.3 is 0 Å². The van der Waals surface area contributed by atoms with Crippen LogP contribution >= 0.6 is 0 Å². The summed E-state index contributed by atoms with van der Waals surface area (Å²) >= 11 is 0. The molecule has 4 aromatic rings. The lowest BCUT2D eigenvalue weighted by atomic mass is 10.0. The van der Waals surface area contributed by atoms with Crippen LogP contribution in [0.4, 0.5) is 5.69 Å². The average Bonchev–Trinajstić information content (AvgIpc) is 3.71. The summed E-state index contributed by atoms with van der Waals surface area (Å²) < 4.78 is 6.15. The van der Waals surface area contributed by atoms with E-state index in [0.717, 1.165) is 24.0 Å². The zero-order valence-electron chi connectivity index (χ0n) is 18.8. The minimum atomic E-state index is -0.343. The van der Waals surface area contributed by atoms with Crippen molar-refractivity contribution in [2.24, 2.45) is 5.92 Å². The summed E-state index contributed by atoms with van der Waals surface area (Å²) in [7, 11) is 0. The first-order valence-corrected chi connectivity index (χ1v) is 11.3. The lowest BCUT2D eigenvalue weighted by Gasteiger charge is -2.11. The molecule has 0 atom stereocenters. The van der Waals surface area contributed by atoms with Gasteiger partial charge in [-0.15, -0.1) is 0 Å². The Kier molecular flexibility index (Phi) is 5.72. The Balaban J connectivity index is 1.41. The molecule has 1 aliphatic carbocycles. The third-order valence-electron chi connectivity index (χ3n) is 6.02. The van der Waals surface area contributed by atoms with Crippen molar-refractivity contribution in [1.82, 2.24) is 5.32 Å². The summed E-state index contributed by atoms with van der Waals surface area (Å²) in [6, 6.07) is 21.8. The van der Waals surface area contributed by atoms with Crippen LogP contribution in [-0.2, 0) is 11.3 Å². The molecule has 0 unspecified atom stereocenters. The van der Waals surface area contributed by atoms with Gasteiger partial charge in [-0.2, -0.15) is 0 Å². The Morgan fingerprint density at radius 2 is 1.74 bits per heavy atom. The van der Waals surface area contributed by atoms with Crippen molar-refractivity contribution in [2.45, 2.75) is 26.3 Å². The molecule has 0 saturated heterocycles. The van der Waals surface area contributed by atoms with E-state index in [9.17, 15) is 14.4 Å². The molecule has 170 valence electrons. The van der Waals surface area contributed by atoms with E-state index >= 15 is 0 Å². The second-order valence-corrected chi connectivity index (χ2v) is 8.58. The monoisotopic (exact) mass is 452 g/mol. The fourth-order valence-electron chi connectivity index (χ4n) is 3.98. The van der Waals surface area contributed by atoms with Crippen LogP contribution in [0.1, 0.15) is 34.3 Å². The van der Waals surface area contributed by atoms with Crippen molar-refractivity contribution in [3.05, 3.63) is 99.7 Å². The maximum absolute atomic E-state index is 13.1. The van der Waals surface area contributed by atoms with Crippen LogP contribution < -0.4 is 16.1 Å². The number of fused-ring (bicyclic) bond motifs is 1. The first-order chi connectivity index (χ1) is 16.5. The molecule has 0 spiro atoms. The molecule has 0 bridgehead atoms. The third-order valence-corrected chi connectivity index (χ3v) is 6.02. The van der Waals surface area contributed by atoms with Gasteiger partial charge in [0.2, 0.25) is 5.91 Å². The van der Waals surface area contributed by atoms with Crippen molar-refractivity contribution in [2.75, 3.05) is 5.32 Å². The molecule has 3 aromatic carbocycles. The number of rotatable bonds is 6. The Labute approximate surface area is 196 Å². The number of benzene rings is 3. The molecule has 6 heteroatoms. The summed E-state index contributed by atoms with van der Waals surface area (Å²) in [6.07, 6.45) is 1.88. The third kappa shape index (κ3) is 4.35. The van der Waals surface area contributed by atoms with Crippen LogP contribution in [0.15, 0.2) is 82.0 Å². The lowest BCUT2D eigenvalue weighted by Crippen LogP contribution is -2.23. The minimum Gasteiger partial charge on any atom is -0.455 e. The van der Waals surface area contributed by atoms with Crippen LogP contribution in [0, 0.1) is 12.8 Å². The van der Waals surface area contributed by atoms with Gasteiger partial charge in [0.1, 0.15) is 5.76 Å². The predicted molar refractivity (Wildman–Crippen MR) is 132 cm³/mol. The topological polar surface area (TPSA) is 88.4 Å². The van der Waals surface area contributed by atoms with Crippen LogP contribution in [0.25, 0.3) is 22.3 Å². The molecule has 2 N–H and O–H groups in total. The van der Waals surface area contributed by atoms with Crippen molar-refractivity contribution in [3.8, 4) is 11.3 Å². The van der Waals surface area contributed by atoms with Crippen LogP contribution in [-0.4, -0.2) is 11.8 Å². The molecule has 1 saturated carbocycles. The average molecular weight is 453 g/mol. The number of hydrogen-bond donors (Lipinski definition) is 2. The molecule has 5 rings (SSSR count). The zero-order chi connectivity index (χ0) is 23.7. The van der Waals surface area contributed by atoms with E-state index in [-0.39, 0.29) is 35.3 Å². The highest BCUT2D eigenvalue weighted by atomic mass is 16.3. The van der Waals surface area contributed by atoms with Gasteiger partial charge in [0, 0.05) is 29.3 Å². The fourth-order valence-corrected chi connectivity index (χ4v) is 3.98. The smallest absolute Gasteiger partial charge is 0.255 e. The number of carbonyl (C=O) groups is 2. The van der Waals surface area contributed by atoms with Gasteiger partial charge in [-0.1, -0.05) is 48.5 Å². The second kappa shape index (κ2) is 8.98. The Bertz CT molecular complexity index is 1450. The molecule has 1 aliphatic rings. The van der Waals surface area contributed by atoms with E-state index in [1.807, 2.05) is 54.6 Å². The van der Waals surface area contributed by atoms with Crippen molar-refractivity contribution in [3.63, 3.8) is 0 Å². The number of carbonyl (C=O) groups excluding carboxylic acids is 2. The van der Waals surface area contributed by atoms with E-state index in [0.29, 0.717) is 28.0 Å². The number of anilines is 1. The maximum Gasteiger partial charge on any atom is 0.255 e. The van der Waals surface area contributed by atoms with Crippen LogP contribution in [0.2, 0.25) is 0 Å². The standard InChI is InChI=1S/C28H24N2O4/c1-17-24(31)22-11-6-12-23(26(22)34-25(17)19-8-3-2-4-9-19)28(33)29-16-18-7-5-10-21(15-18)30-27(32)20-13-14-20/h2-12,15,20H,13-14,16H2,1H3,(H,29,33)(H,30,32). The van der Waals surface area contributed by atoms with E-state index < -0.39 is 0 Å². The largest absolute Gasteiger partial charge is 0.455 e. The highest BCUT2D eigenvalue weighted by molar-refractivity contribution is 6.05. The summed E-state index contributed by atoms with van der Waals surface area (Å²) in [4.78, 5) is 38.1. The van der Waals surface area contributed by atoms with Gasteiger partial charge in [0.15, 0.2) is 11.0 Å². The van der Waals surface area contributed by atoms with Crippen molar-refractivity contribution >= 4 is 28.5 Å². The van der Waals surface area contributed by atoms with Crippen LogP contribution in [0.5, 0.6) is 0 Å². The zero-order valence-corrected chi connectivity index (χ0v) is 18.8. The second-order valence-electron chi connectivity index (χ2n) is 8.58. The molecule has 0 radical (unpaired) electrons. The Hall–Kier alpha value is -4.19. The summed E-state index contributed by atoms with van der Waals surface area (Å²) in [5, 5.41) is 6.19. The normalized spacial score (nSPS) is 13.0. The number of amides is 2. The summed E-state index contributed by atoms with van der Waals surface area (Å²) in [5.41, 5.74) is 3.24. The fraction of sp³-hybridized carbons (Fsp3) is 0.179.